The van der Waals surface area contributed by atoms with Crippen LogP contribution in [0, 0.1) is 5.92 Å². The van der Waals surface area contributed by atoms with E-state index in [1.54, 1.807) is 12.1 Å². The number of aliphatic hydroxyl groups excluding tert-OH is 1. The Kier molecular flexibility index (Phi) is 8.40. The summed E-state index contributed by atoms with van der Waals surface area (Å²) in [6.45, 7) is 1.74. The van der Waals surface area contributed by atoms with Crippen LogP contribution in [0.2, 0.25) is 0 Å². The summed E-state index contributed by atoms with van der Waals surface area (Å²) < 4.78 is 38.2. The van der Waals surface area contributed by atoms with Crippen LogP contribution in [0.5, 0.6) is 11.5 Å². The van der Waals surface area contributed by atoms with Gasteiger partial charge in [-0.25, -0.2) is 8.42 Å². The topological polar surface area (TPSA) is 107 Å². The van der Waals surface area contributed by atoms with Gasteiger partial charge in [-0.2, -0.15) is 0 Å². The molecule has 0 spiro atoms. The number of hydrogen-bond acceptors (Lipinski definition) is 6. The van der Waals surface area contributed by atoms with Crippen molar-refractivity contribution in [2.24, 2.45) is 5.92 Å². The number of phenolic OH excluding ortho intramolecular Hbond substituents is 1. The largest absolute Gasteiger partial charge is 1.00 e. The van der Waals surface area contributed by atoms with Crippen molar-refractivity contribution in [3.63, 3.8) is 0 Å². The van der Waals surface area contributed by atoms with Crippen molar-refractivity contribution in [3.8, 4) is 11.5 Å². The number of hydrogen-bond donors (Lipinski definition) is 2. The van der Waals surface area contributed by atoms with Gasteiger partial charge in [-0.1, -0.05) is 43.3 Å². The molecule has 0 aliphatic carbocycles. The fraction of sp³-hybridized carbons (Fsp3) is 0.294. The molecule has 130 valence electrons. The molecule has 2 rings (SSSR count). The van der Waals surface area contributed by atoms with Gasteiger partial charge >= 0.3 is 29.6 Å². The van der Waals surface area contributed by atoms with Gasteiger partial charge in [-0.3, -0.25) is 0 Å². The average Bonchev–Trinajstić information content (AvgIpc) is 2.54. The zero-order valence-electron chi connectivity index (χ0n) is 14.1. The third-order valence-electron chi connectivity index (χ3n) is 3.60. The minimum atomic E-state index is -4.76. The molecule has 0 aliphatic heterocycles. The molecule has 0 aromatic heterocycles. The average molecular weight is 374 g/mol. The van der Waals surface area contributed by atoms with Crippen molar-refractivity contribution in [1.29, 1.82) is 0 Å². The van der Waals surface area contributed by atoms with Gasteiger partial charge in [0.05, 0.1) is 0 Å². The van der Waals surface area contributed by atoms with Crippen molar-refractivity contribution in [2.75, 3.05) is 0 Å². The molecule has 25 heavy (non-hydrogen) atoms. The minimum Gasteiger partial charge on any atom is -0.746 e. The Bertz CT molecular complexity index is 779. The first kappa shape index (κ1) is 22.0. The molecule has 8 heteroatoms. The number of ether oxygens (including phenoxy) is 1. The maximum Gasteiger partial charge on any atom is 1.00 e. The summed E-state index contributed by atoms with van der Waals surface area (Å²) in [4.78, 5) is 0. The fourth-order valence-electron chi connectivity index (χ4n) is 2.29. The molecule has 0 amide bonds. The summed E-state index contributed by atoms with van der Waals surface area (Å²) in [5, 5.41) is 19.4. The van der Waals surface area contributed by atoms with Crippen LogP contribution in [0.4, 0.5) is 0 Å². The zero-order chi connectivity index (χ0) is 17.7. The van der Waals surface area contributed by atoms with Crippen LogP contribution in [0.1, 0.15) is 18.1 Å². The molecule has 0 radical (unpaired) electrons. The minimum absolute atomic E-state index is 0. The number of phenols is 1. The molecule has 2 unspecified atom stereocenters. The first-order chi connectivity index (χ1) is 11.3. The molecule has 0 aliphatic rings. The van der Waals surface area contributed by atoms with Gasteiger partial charge in [0.2, 0.25) is 0 Å². The second-order valence-electron chi connectivity index (χ2n) is 5.64. The summed E-state index contributed by atoms with van der Waals surface area (Å²) in [6.07, 6.45) is 0.157. The van der Waals surface area contributed by atoms with E-state index in [4.69, 9.17) is 4.74 Å². The Labute approximate surface area is 169 Å². The summed E-state index contributed by atoms with van der Waals surface area (Å²) in [5.74, 6) is -0.568. The SMILES string of the molecule is CC(Cc1ccc(O)c(OCc2ccccc2)c1)C(O)S(=O)(=O)[O-].[Na+]. The summed E-state index contributed by atoms with van der Waals surface area (Å²) in [6, 6.07) is 14.0. The van der Waals surface area contributed by atoms with E-state index in [2.05, 4.69) is 0 Å². The monoisotopic (exact) mass is 374 g/mol. The van der Waals surface area contributed by atoms with Crippen molar-refractivity contribution < 1.29 is 57.5 Å². The van der Waals surface area contributed by atoms with E-state index in [0.29, 0.717) is 5.56 Å². The van der Waals surface area contributed by atoms with Crippen LogP contribution in [-0.4, -0.2) is 28.6 Å². The van der Waals surface area contributed by atoms with E-state index in [1.807, 2.05) is 30.3 Å². The molecule has 0 saturated heterocycles. The van der Waals surface area contributed by atoms with Crippen molar-refractivity contribution in [1.82, 2.24) is 0 Å². The van der Waals surface area contributed by atoms with E-state index < -0.39 is 21.5 Å². The van der Waals surface area contributed by atoms with Crippen LogP contribution in [0.25, 0.3) is 0 Å². The quantitative estimate of drug-likeness (QED) is 0.476. The van der Waals surface area contributed by atoms with E-state index in [1.165, 1.54) is 13.0 Å². The molecule has 2 atom stereocenters. The Morgan fingerprint density at radius 1 is 1.12 bits per heavy atom. The van der Waals surface area contributed by atoms with Gasteiger partial charge < -0.3 is 19.5 Å². The molecule has 0 heterocycles. The van der Waals surface area contributed by atoms with Gasteiger partial charge in [0.25, 0.3) is 0 Å². The number of rotatable bonds is 7. The van der Waals surface area contributed by atoms with Crippen LogP contribution < -0.4 is 34.3 Å². The molecule has 0 fully saturated rings. The molecule has 2 aromatic carbocycles. The molecular formula is C17H19NaO6S. The van der Waals surface area contributed by atoms with E-state index in [-0.39, 0.29) is 54.1 Å². The first-order valence-corrected chi connectivity index (χ1v) is 8.86. The van der Waals surface area contributed by atoms with Gasteiger partial charge in [0, 0.05) is 0 Å². The van der Waals surface area contributed by atoms with E-state index in [9.17, 15) is 23.2 Å². The van der Waals surface area contributed by atoms with Gasteiger partial charge in [-0.05, 0) is 35.6 Å². The molecule has 6 nitrogen and oxygen atoms in total. The van der Waals surface area contributed by atoms with Crippen molar-refractivity contribution in [2.45, 2.75) is 25.4 Å². The number of benzene rings is 2. The molecule has 0 bridgehead atoms. The van der Waals surface area contributed by atoms with E-state index >= 15 is 0 Å². The predicted octanol–water partition coefficient (Wildman–Crippen LogP) is -0.983. The van der Waals surface area contributed by atoms with E-state index in [0.717, 1.165) is 5.56 Å². The molecule has 0 saturated carbocycles. The van der Waals surface area contributed by atoms with Gasteiger partial charge in [0.15, 0.2) is 11.5 Å². The van der Waals surface area contributed by atoms with Crippen LogP contribution >= 0.6 is 0 Å². The standard InChI is InChI=1S/C17H20O6S.Na/c1-12(17(19)24(20,21)22)9-14-7-8-15(18)16(10-14)23-11-13-5-3-2-4-6-13;/h2-8,10,12,17-19H,9,11H2,1H3,(H,20,21,22);/q;+1/p-1. The third kappa shape index (κ3) is 6.62. The Morgan fingerprint density at radius 2 is 1.76 bits per heavy atom. The van der Waals surface area contributed by atoms with Gasteiger partial charge in [-0.15, -0.1) is 0 Å². The van der Waals surface area contributed by atoms with Crippen molar-refractivity contribution >= 4 is 10.1 Å². The maximum absolute atomic E-state index is 10.9. The van der Waals surface area contributed by atoms with Crippen LogP contribution in [0.3, 0.4) is 0 Å². The summed E-state index contributed by atoms with van der Waals surface area (Å²) in [5.41, 5.74) is -0.394. The van der Waals surface area contributed by atoms with Gasteiger partial charge in [0.1, 0.15) is 22.2 Å². The molecule has 2 aromatic rings. The second-order valence-corrected chi connectivity index (χ2v) is 7.11. The zero-order valence-corrected chi connectivity index (χ0v) is 16.9. The molecular weight excluding hydrogens is 355 g/mol. The number of aliphatic hydroxyl groups is 1. The fourth-order valence-corrected chi connectivity index (χ4v) is 2.96. The smallest absolute Gasteiger partial charge is 0.746 e. The summed E-state index contributed by atoms with van der Waals surface area (Å²) >= 11 is 0. The number of aromatic hydroxyl groups is 1. The van der Waals surface area contributed by atoms with Crippen LogP contribution in [-0.2, 0) is 23.1 Å². The third-order valence-corrected chi connectivity index (χ3v) is 4.66. The maximum atomic E-state index is 10.9. The van der Waals surface area contributed by atoms with Crippen LogP contribution in [0.15, 0.2) is 48.5 Å². The normalized spacial score (nSPS) is 13.6. The Hall–Kier alpha value is -1.09. The first-order valence-electron chi connectivity index (χ1n) is 7.39. The second kappa shape index (κ2) is 9.56. The summed E-state index contributed by atoms with van der Waals surface area (Å²) in [7, 11) is -4.76. The Balaban J connectivity index is 0.00000312. The Morgan fingerprint density at radius 3 is 2.36 bits per heavy atom. The predicted molar refractivity (Wildman–Crippen MR) is 87.5 cm³/mol. The molecule has 2 N–H and O–H groups in total. The van der Waals surface area contributed by atoms with Crippen molar-refractivity contribution in [3.05, 3.63) is 59.7 Å².